The Labute approximate surface area is 84.7 Å². The maximum Gasteiger partial charge on any atom is 0.235 e. The normalized spacial score (nSPS) is 10.6. The number of hydrogen-bond donors (Lipinski definition) is 0. The van der Waals surface area contributed by atoms with Crippen molar-refractivity contribution < 1.29 is 4.92 Å². The Balaban J connectivity index is 2.96. The Hall–Kier alpha value is -1.06. The summed E-state index contributed by atoms with van der Waals surface area (Å²) in [6, 6.07) is 4.76. The first-order chi connectivity index (χ1) is 6.09. The molecule has 0 spiro atoms. The third-order valence-corrected chi connectivity index (χ3v) is 1.90. The molecule has 1 aromatic carbocycles. The smallest absolute Gasteiger partial charge is 0.235 e. The van der Waals surface area contributed by atoms with E-state index in [1.807, 2.05) is 0 Å². The molecule has 0 aliphatic carbocycles. The number of rotatable bonds is 2. The lowest BCUT2D eigenvalue weighted by molar-refractivity contribution is -0.400. The van der Waals surface area contributed by atoms with E-state index in [1.54, 1.807) is 12.1 Å². The van der Waals surface area contributed by atoms with Gasteiger partial charge in [-0.1, -0.05) is 29.3 Å². The van der Waals surface area contributed by atoms with Crippen LogP contribution < -0.4 is 0 Å². The van der Waals surface area contributed by atoms with Crippen LogP contribution in [-0.2, 0) is 0 Å². The predicted molar refractivity (Wildman–Crippen MR) is 52.5 cm³/mol. The van der Waals surface area contributed by atoms with Gasteiger partial charge in [-0.05, 0) is 17.7 Å². The zero-order chi connectivity index (χ0) is 9.84. The average molecular weight is 218 g/mol. The fourth-order valence-electron chi connectivity index (χ4n) is 0.778. The highest BCUT2D eigenvalue weighted by atomic mass is 35.5. The lowest BCUT2D eigenvalue weighted by Gasteiger charge is -1.96. The molecule has 0 saturated heterocycles. The molecule has 3 nitrogen and oxygen atoms in total. The van der Waals surface area contributed by atoms with Gasteiger partial charge < -0.3 is 0 Å². The number of hydrogen-bond acceptors (Lipinski definition) is 2. The van der Waals surface area contributed by atoms with E-state index >= 15 is 0 Å². The zero-order valence-corrected chi connectivity index (χ0v) is 7.92. The molecule has 0 unspecified atom stereocenters. The summed E-state index contributed by atoms with van der Waals surface area (Å²) in [7, 11) is 0. The molecule has 5 heteroatoms. The summed E-state index contributed by atoms with van der Waals surface area (Å²) in [5, 5.41) is 10.9. The maximum atomic E-state index is 10.0. The van der Waals surface area contributed by atoms with Crippen LogP contribution in [0.15, 0.2) is 24.4 Å². The lowest BCUT2D eigenvalue weighted by atomic mass is 10.2. The molecular weight excluding hydrogens is 213 g/mol. The van der Waals surface area contributed by atoms with E-state index in [4.69, 9.17) is 23.2 Å². The van der Waals surface area contributed by atoms with Crippen molar-refractivity contribution in [1.29, 1.82) is 0 Å². The molecule has 0 radical (unpaired) electrons. The zero-order valence-electron chi connectivity index (χ0n) is 6.41. The Morgan fingerprint density at radius 1 is 1.38 bits per heavy atom. The quantitative estimate of drug-likeness (QED) is 0.564. The molecule has 0 aliphatic rings. The fraction of sp³-hybridized carbons (Fsp3) is 0. The molecule has 0 atom stereocenters. The van der Waals surface area contributed by atoms with Gasteiger partial charge in [-0.15, -0.1) is 0 Å². The maximum absolute atomic E-state index is 10.0. The molecule has 13 heavy (non-hydrogen) atoms. The van der Waals surface area contributed by atoms with Crippen molar-refractivity contribution in [3.8, 4) is 0 Å². The summed E-state index contributed by atoms with van der Waals surface area (Å²) in [6.07, 6.45) is 2.15. The van der Waals surface area contributed by atoms with E-state index in [2.05, 4.69) is 0 Å². The van der Waals surface area contributed by atoms with Crippen molar-refractivity contribution in [3.63, 3.8) is 0 Å². The highest BCUT2D eigenvalue weighted by Crippen LogP contribution is 2.21. The molecule has 0 fully saturated rings. The van der Waals surface area contributed by atoms with Crippen LogP contribution in [0.2, 0.25) is 10.0 Å². The molecule has 1 rings (SSSR count). The molecule has 0 aliphatic heterocycles. The summed E-state index contributed by atoms with van der Waals surface area (Å²) in [4.78, 5) is 9.45. The van der Waals surface area contributed by atoms with Crippen LogP contribution in [0.1, 0.15) is 5.56 Å². The first-order valence-corrected chi connectivity index (χ1v) is 4.12. The predicted octanol–water partition coefficient (Wildman–Crippen LogP) is 3.24. The third-order valence-electron chi connectivity index (χ3n) is 1.34. The molecule has 0 heterocycles. The van der Waals surface area contributed by atoms with Crippen molar-refractivity contribution in [3.05, 3.63) is 50.1 Å². The van der Waals surface area contributed by atoms with Gasteiger partial charge in [0.25, 0.3) is 0 Å². The van der Waals surface area contributed by atoms with E-state index in [9.17, 15) is 10.1 Å². The summed E-state index contributed by atoms with van der Waals surface area (Å²) in [5.41, 5.74) is 0.572. The van der Waals surface area contributed by atoms with Gasteiger partial charge >= 0.3 is 0 Å². The number of benzene rings is 1. The Kier molecular flexibility index (Phi) is 3.28. The number of nitrogens with zero attached hydrogens (tertiary/aromatic N) is 1. The lowest BCUT2D eigenvalue weighted by Crippen LogP contribution is -1.83. The van der Waals surface area contributed by atoms with Crippen LogP contribution in [0.4, 0.5) is 0 Å². The van der Waals surface area contributed by atoms with Crippen LogP contribution in [0.5, 0.6) is 0 Å². The van der Waals surface area contributed by atoms with Crippen LogP contribution in [0.25, 0.3) is 6.08 Å². The molecule has 0 saturated carbocycles. The van der Waals surface area contributed by atoms with Gasteiger partial charge in [-0.2, -0.15) is 0 Å². The highest BCUT2D eigenvalue weighted by molar-refractivity contribution is 6.35. The monoisotopic (exact) mass is 217 g/mol. The van der Waals surface area contributed by atoms with E-state index in [0.717, 1.165) is 6.20 Å². The number of halogens is 2. The molecule has 0 bridgehead atoms. The van der Waals surface area contributed by atoms with E-state index in [0.29, 0.717) is 15.6 Å². The van der Waals surface area contributed by atoms with Crippen molar-refractivity contribution in [2.45, 2.75) is 0 Å². The summed E-state index contributed by atoms with van der Waals surface area (Å²) in [6.45, 7) is 0. The second kappa shape index (κ2) is 4.25. The van der Waals surface area contributed by atoms with E-state index < -0.39 is 4.92 Å². The van der Waals surface area contributed by atoms with Gasteiger partial charge in [0, 0.05) is 16.1 Å². The SMILES string of the molecule is O=[N+]([O-])/C=C/c1ccc(Cl)cc1Cl. The van der Waals surface area contributed by atoms with Gasteiger partial charge in [-0.25, -0.2) is 0 Å². The second-order valence-corrected chi connectivity index (χ2v) is 3.11. The second-order valence-electron chi connectivity index (χ2n) is 2.27. The first-order valence-electron chi connectivity index (χ1n) is 3.36. The molecule has 1 aromatic rings. The van der Waals surface area contributed by atoms with Crippen LogP contribution in [0, 0.1) is 10.1 Å². The Morgan fingerprint density at radius 2 is 2.08 bits per heavy atom. The highest BCUT2D eigenvalue weighted by Gasteiger charge is 1.98. The molecule has 68 valence electrons. The molecule has 0 amide bonds. The summed E-state index contributed by atoms with van der Waals surface area (Å²) < 4.78 is 0. The standard InChI is InChI=1S/C8H5Cl2NO2/c9-7-2-1-6(8(10)5-7)3-4-11(12)13/h1-5H/b4-3+. The topological polar surface area (TPSA) is 43.1 Å². The number of nitro groups is 1. The first kappa shape index (κ1) is 10.0. The van der Waals surface area contributed by atoms with Crippen LogP contribution in [-0.4, -0.2) is 4.92 Å². The van der Waals surface area contributed by atoms with Gasteiger partial charge in [-0.3, -0.25) is 10.1 Å². The minimum Gasteiger partial charge on any atom is -0.259 e. The summed E-state index contributed by atoms with van der Waals surface area (Å²) in [5.74, 6) is 0. The van der Waals surface area contributed by atoms with Crippen LogP contribution in [0.3, 0.4) is 0 Å². The third kappa shape index (κ3) is 3.05. The largest absolute Gasteiger partial charge is 0.259 e. The minimum absolute atomic E-state index is 0.394. The average Bonchev–Trinajstić information content (AvgIpc) is 2.02. The van der Waals surface area contributed by atoms with Crippen molar-refractivity contribution >= 4 is 29.3 Å². The van der Waals surface area contributed by atoms with Gasteiger partial charge in [0.05, 0.1) is 4.92 Å². The summed E-state index contributed by atoms with van der Waals surface area (Å²) >= 11 is 11.4. The minimum atomic E-state index is -0.551. The fourth-order valence-corrected chi connectivity index (χ4v) is 1.25. The van der Waals surface area contributed by atoms with E-state index in [1.165, 1.54) is 12.1 Å². The molecule has 0 N–H and O–H groups in total. The van der Waals surface area contributed by atoms with Crippen molar-refractivity contribution in [2.24, 2.45) is 0 Å². The Bertz CT molecular complexity index is 363. The Morgan fingerprint density at radius 3 is 2.62 bits per heavy atom. The van der Waals surface area contributed by atoms with Gasteiger partial charge in [0.1, 0.15) is 0 Å². The molecular formula is C8H5Cl2NO2. The van der Waals surface area contributed by atoms with Crippen LogP contribution >= 0.6 is 23.2 Å². The van der Waals surface area contributed by atoms with Crippen molar-refractivity contribution in [1.82, 2.24) is 0 Å². The van der Waals surface area contributed by atoms with Gasteiger partial charge in [0.15, 0.2) is 0 Å². The molecule has 0 aromatic heterocycles. The van der Waals surface area contributed by atoms with Gasteiger partial charge in [0.2, 0.25) is 6.20 Å². The van der Waals surface area contributed by atoms with Crippen molar-refractivity contribution in [2.75, 3.05) is 0 Å². The van der Waals surface area contributed by atoms with E-state index in [-0.39, 0.29) is 0 Å².